The van der Waals surface area contributed by atoms with Crippen molar-refractivity contribution in [3.63, 3.8) is 0 Å². The van der Waals surface area contributed by atoms with Crippen molar-refractivity contribution in [2.24, 2.45) is 0 Å². The summed E-state index contributed by atoms with van der Waals surface area (Å²) in [6.45, 7) is 3.26. The molecular weight excluding hydrogens is 356 g/mol. The quantitative estimate of drug-likeness (QED) is 0.574. The lowest BCUT2D eigenvalue weighted by atomic mass is 10.3. The number of carbonyl (C=O) groups excluding carboxylic acids is 1. The SMILES string of the molecule is CCN(C(=O)C(C)S(C)(=O)=O)c1cn(-c2ccc[n+]([O-])c2)nc1Cl. The van der Waals surface area contributed by atoms with Gasteiger partial charge in [-0.05, 0) is 19.9 Å². The number of carbonyl (C=O) groups is 1. The Morgan fingerprint density at radius 1 is 1.54 bits per heavy atom. The van der Waals surface area contributed by atoms with Crippen molar-refractivity contribution >= 4 is 33.0 Å². The number of rotatable bonds is 5. The lowest BCUT2D eigenvalue weighted by Crippen LogP contribution is -2.41. The molecule has 1 atom stereocenters. The summed E-state index contributed by atoms with van der Waals surface area (Å²) < 4.78 is 25.2. The van der Waals surface area contributed by atoms with Crippen LogP contribution in [-0.4, -0.2) is 42.2 Å². The van der Waals surface area contributed by atoms with Gasteiger partial charge in [-0.15, -0.1) is 0 Å². The first-order valence-electron chi connectivity index (χ1n) is 7.09. The van der Waals surface area contributed by atoms with E-state index < -0.39 is 21.0 Å². The third-order valence-corrected chi connectivity index (χ3v) is 5.29. The van der Waals surface area contributed by atoms with Crippen LogP contribution in [0.15, 0.2) is 30.7 Å². The number of halogens is 1. The third kappa shape index (κ3) is 3.68. The van der Waals surface area contributed by atoms with Gasteiger partial charge in [-0.25, -0.2) is 13.1 Å². The summed E-state index contributed by atoms with van der Waals surface area (Å²) in [7, 11) is -3.54. The van der Waals surface area contributed by atoms with E-state index in [1.807, 2.05) is 0 Å². The molecule has 0 fully saturated rings. The molecule has 2 aromatic heterocycles. The second-order valence-electron chi connectivity index (χ2n) is 5.23. The van der Waals surface area contributed by atoms with E-state index in [0.29, 0.717) is 10.4 Å². The molecule has 2 heterocycles. The Morgan fingerprint density at radius 2 is 2.21 bits per heavy atom. The first kappa shape index (κ1) is 18.2. The van der Waals surface area contributed by atoms with Crippen LogP contribution in [0.25, 0.3) is 5.69 Å². The Morgan fingerprint density at radius 3 is 2.75 bits per heavy atom. The van der Waals surface area contributed by atoms with E-state index in [9.17, 15) is 18.4 Å². The van der Waals surface area contributed by atoms with Gasteiger partial charge in [0.25, 0.3) is 0 Å². The maximum Gasteiger partial charge on any atom is 0.245 e. The number of anilines is 1. The number of hydrogen-bond acceptors (Lipinski definition) is 5. The molecule has 1 amide bonds. The van der Waals surface area contributed by atoms with Gasteiger partial charge in [0.1, 0.15) is 16.6 Å². The number of nitrogens with zero attached hydrogens (tertiary/aromatic N) is 4. The molecule has 0 aliphatic heterocycles. The van der Waals surface area contributed by atoms with Crippen molar-refractivity contribution in [1.29, 1.82) is 0 Å². The zero-order valence-electron chi connectivity index (χ0n) is 13.4. The molecule has 1 unspecified atom stereocenters. The zero-order valence-corrected chi connectivity index (χ0v) is 15.0. The summed E-state index contributed by atoms with van der Waals surface area (Å²) in [6, 6.07) is 3.20. The minimum atomic E-state index is -3.54. The molecule has 24 heavy (non-hydrogen) atoms. The molecule has 0 aliphatic rings. The lowest BCUT2D eigenvalue weighted by Gasteiger charge is -2.22. The Bertz CT molecular complexity index is 865. The van der Waals surface area contributed by atoms with Crippen LogP contribution in [0.4, 0.5) is 5.69 Å². The average Bonchev–Trinajstić information content (AvgIpc) is 2.88. The van der Waals surface area contributed by atoms with Gasteiger partial charge in [-0.1, -0.05) is 11.6 Å². The van der Waals surface area contributed by atoms with Gasteiger partial charge in [0.05, 0.1) is 6.20 Å². The number of aromatic nitrogens is 3. The van der Waals surface area contributed by atoms with Crippen molar-refractivity contribution in [3.05, 3.63) is 41.1 Å². The van der Waals surface area contributed by atoms with Crippen LogP contribution in [0, 0.1) is 5.21 Å². The first-order chi connectivity index (χ1) is 11.1. The topological polar surface area (TPSA) is 99.2 Å². The van der Waals surface area contributed by atoms with E-state index in [-0.39, 0.29) is 17.4 Å². The highest BCUT2D eigenvalue weighted by Gasteiger charge is 2.30. The molecule has 0 radical (unpaired) electrons. The van der Waals surface area contributed by atoms with Gasteiger partial charge in [0.2, 0.25) is 12.1 Å². The van der Waals surface area contributed by atoms with E-state index in [1.54, 1.807) is 19.1 Å². The highest BCUT2D eigenvalue weighted by atomic mass is 35.5. The Balaban J connectivity index is 2.42. The number of amides is 1. The number of pyridine rings is 1. The Hall–Kier alpha value is -2.13. The van der Waals surface area contributed by atoms with Crippen LogP contribution in [0.3, 0.4) is 0 Å². The second kappa shape index (κ2) is 6.78. The molecule has 0 bridgehead atoms. The van der Waals surface area contributed by atoms with E-state index in [4.69, 9.17) is 11.6 Å². The van der Waals surface area contributed by atoms with E-state index in [0.717, 1.165) is 6.26 Å². The highest BCUT2D eigenvalue weighted by molar-refractivity contribution is 7.92. The molecule has 2 aromatic rings. The summed E-state index contributed by atoms with van der Waals surface area (Å²) in [5.74, 6) is -0.589. The van der Waals surface area contributed by atoms with Crippen LogP contribution < -0.4 is 9.63 Å². The van der Waals surface area contributed by atoms with Crippen LogP contribution in [0.5, 0.6) is 0 Å². The molecule has 0 saturated carbocycles. The van der Waals surface area contributed by atoms with E-state index >= 15 is 0 Å². The fourth-order valence-electron chi connectivity index (χ4n) is 2.08. The molecule has 0 N–H and O–H groups in total. The van der Waals surface area contributed by atoms with Crippen molar-refractivity contribution in [3.8, 4) is 5.69 Å². The van der Waals surface area contributed by atoms with Crippen LogP contribution >= 0.6 is 11.6 Å². The number of hydrogen-bond donors (Lipinski definition) is 0. The van der Waals surface area contributed by atoms with Crippen LogP contribution in [0.1, 0.15) is 13.8 Å². The summed E-state index contributed by atoms with van der Waals surface area (Å²) in [4.78, 5) is 13.7. The zero-order chi connectivity index (χ0) is 18.1. The molecule has 0 aliphatic carbocycles. The molecule has 0 aromatic carbocycles. The van der Waals surface area contributed by atoms with Crippen molar-refractivity contribution in [2.45, 2.75) is 19.1 Å². The molecular formula is C14H17ClN4O4S. The minimum Gasteiger partial charge on any atom is -0.619 e. The monoisotopic (exact) mass is 372 g/mol. The lowest BCUT2D eigenvalue weighted by molar-refractivity contribution is -0.605. The fraction of sp³-hybridized carbons (Fsp3) is 0.357. The Kier molecular flexibility index (Phi) is 5.14. The van der Waals surface area contributed by atoms with Gasteiger partial charge < -0.3 is 10.1 Å². The summed E-state index contributed by atoms with van der Waals surface area (Å²) in [5.41, 5.74) is 0.737. The molecule has 2 rings (SSSR count). The van der Waals surface area contributed by atoms with Gasteiger partial charge in [-0.3, -0.25) is 4.79 Å². The minimum absolute atomic E-state index is 0.0344. The van der Waals surface area contributed by atoms with E-state index in [2.05, 4.69) is 5.10 Å². The van der Waals surface area contributed by atoms with Crippen molar-refractivity contribution < 1.29 is 17.9 Å². The predicted molar refractivity (Wildman–Crippen MR) is 89.9 cm³/mol. The average molecular weight is 373 g/mol. The standard InChI is InChI=1S/C14H17ClN4O4S/c1-4-18(14(20)10(2)24(3,22)23)12-9-19(16-13(12)15)11-6-5-7-17(21)8-11/h5-10H,4H2,1-3H3. The maximum absolute atomic E-state index is 12.5. The fourth-order valence-corrected chi connectivity index (χ4v) is 2.81. The highest BCUT2D eigenvalue weighted by Crippen LogP contribution is 2.27. The normalized spacial score (nSPS) is 12.8. The van der Waals surface area contributed by atoms with Crippen LogP contribution in [-0.2, 0) is 14.6 Å². The molecule has 130 valence electrons. The van der Waals surface area contributed by atoms with Gasteiger partial charge in [0.15, 0.2) is 21.2 Å². The number of sulfone groups is 1. The van der Waals surface area contributed by atoms with E-state index in [1.165, 1.54) is 35.1 Å². The first-order valence-corrected chi connectivity index (χ1v) is 9.43. The largest absolute Gasteiger partial charge is 0.619 e. The molecule has 0 spiro atoms. The molecule has 0 saturated heterocycles. The van der Waals surface area contributed by atoms with Crippen molar-refractivity contribution in [2.75, 3.05) is 17.7 Å². The summed E-state index contributed by atoms with van der Waals surface area (Å²) in [5, 5.41) is 14.3. The predicted octanol–water partition coefficient (Wildman–Crippen LogP) is 0.945. The van der Waals surface area contributed by atoms with Crippen molar-refractivity contribution in [1.82, 2.24) is 9.78 Å². The van der Waals surface area contributed by atoms with Gasteiger partial charge >= 0.3 is 0 Å². The Labute approximate surface area is 144 Å². The smallest absolute Gasteiger partial charge is 0.245 e. The van der Waals surface area contributed by atoms with Crippen LogP contribution in [0.2, 0.25) is 5.15 Å². The molecule has 8 nitrogen and oxygen atoms in total. The second-order valence-corrected chi connectivity index (χ2v) is 7.95. The summed E-state index contributed by atoms with van der Waals surface area (Å²) >= 11 is 6.11. The molecule has 10 heteroatoms. The maximum atomic E-state index is 12.5. The summed E-state index contributed by atoms with van der Waals surface area (Å²) in [6.07, 6.45) is 5.11. The van der Waals surface area contributed by atoms with Gasteiger partial charge in [-0.2, -0.15) is 9.83 Å². The van der Waals surface area contributed by atoms with Gasteiger partial charge in [0, 0.05) is 18.9 Å². The third-order valence-electron chi connectivity index (χ3n) is 3.54.